The number of benzene rings is 2. The number of Topliss-reactive ketones (excluding diaryl/α,β-unsaturated/α-hetero) is 4. The summed E-state index contributed by atoms with van der Waals surface area (Å²) < 4.78 is 0. The van der Waals surface area contributed by atoms with Gasteiger partial charge in [-0.1, -0.05) is 48.5 Å². The second kappa shape index (κ2) is 9.66. The quantitative estimate of drug-likeness (QED) is 0.155. The second-order valence-corrected chi connectivity index (χ2v) is 13.3. The predicted octanol–water partition coefficient (Wildman–Crippen LogP) is 8.75. The van der Waals surface area contributed by atoms with Gasteiger partial charge in [-0.3, -0.25) is 19.2 Å². The zero-order chi connectivity index (χ0) is 28.4. The molecule has 3 aromatic heterocycles. The number of ketones is 4. The molecular weight excluding hydrogens is 569 g/mol. The van der Waals surface area contributed by atoms with E-state index in [9.17, 15) is 19.2 Å². The maximum Gasteiger partial charge on any atom is 0.197 e. The molecular formula is C34H20O4S3. The van der Waals surface area contributed by atoms with E-state index in [1.807, 2.05) is 26.0 Å². The Hall–Kier alpha value is -4.30. The van der Waals surface area contributed by atoms with Crippen LogP contribution in [0.3, 0.4) is 0 Å². The van der Waals surface area contributed by atoms with E-state index in [1.165, 1.54) is 0 Å². The summed E-state index contributed by atoms with van der Waals surface area (Å²) in [5, 5.41) is 0. The number of allylic oxidation sites excluding steroid dienone is 2. The van der Waals surface area contributed by atoms with Crippen molar-refractivity contribution in [2.24, 2.45) is 0 Å². The average Bonchev–Trinajstić information content (AvgIpc) is 3.77. The lowest BCUT2D eigenvalue weighted by Gasteiger charge is -1.96. The first-order valence-corrected chi connectivity index (χ1v) is 15.4. The highest BCUT2D eigenvalue weighted by atomic mass is 32.1. The number of hydrogen-bond acceptors (Lipinski definition) is 7. The highest BCUT2D eigenvalue weighted by molar-refractivity contribution is 7.27. The van der Waals surface area contributed by atoms with E-state index in [0.717, 1.165) is 40.4 Å². The van der Waals surface area contributed by atoms with Gasteiger partial charge in [-0.2, -0.15) is 0 Å². The molecule has 7 rings (SSSR count). The van der Waals surface area contributed by atoms with Crippen LogP contribution >= 0.6 is 34.0 Å². The maximum absolute atomic E-state index is 12.8. The summed E-state index contributed by atoms with van der Waals surface area (Å²) in [6.45, 7) is 4.07. The van der Waals surface area contributed by atoms with Crippen molar-refractivity contribution in [2.45, 2.75) is 13.8 Å². The van der Waals surface area contributed by atoms with Gasteiger partial charge in [0.15, 0.2) is 23.1 Å². The molecule has 0 unspecified atom stereocenters. The van der Waals surface area contributed by atoms with Crippen LogP contribution in [0.15, 0.2) is 83.9 Å². The van der Waals surface area contributed by atoms with Crippen LogP contribution in [0.5, 0.6) is 0 Å². The zero-order valence-electron chi connectivity index (χ0n) is 21.9. The summed E-state index contributed by atoms with van der Waals surface area (Å²) in [6, 6.07) is 22.1. The first-order valence-electron chi connectivity index (χ1n) is 12.9. The second-order valence-electron chi connectivity index (χ2n) is 10.0. The molecule has 2 aliphatic carbocycles. The molecule has 0 aliphatic heterocycles. The Bertz CT molecular complexity index is 1820. The Balaban J connectivity index is 1.17. The van der Waals surface area contributed by atoms with Gasteiger partial charge in [-0.25, -0.2) is 0 Å². The molecule has 7 heteroatoms. The molecule has 0 atom stereocenters. The minimum Gasteiger partial charge on any atom is -0.288 e. The fourth-order valence-corrected chi connectivity index (χ4v) is 8.91. The molecule has 0 saturated carbocycles. The van der Waals surface area contributed by atoms with E-state index in [1.54, 1.807) is 94.7 Å². The lowest BCUT2D eigenvalue weighted by molar-refractivity contribution is 0.0975. The van der Waals surface area contributed by atoms with Crippen molar-refractivity contribution in [3.8, 4) is 19.5 Å². The molecule has 0 amide bonds. The third-order valence-corrected chi connectivity index (χ3v) is 11.1. The van der Waals surface area contributed by atoms with Crippen LogP contribution < -0.4 is 0 Å². The number of aryl methyl sites for hydroxylation is 2. The highest BCUT2D eigenvalue weighted by Crippen LogP contribution is 2.44. The third kappa shape index (κ3) is 4.16. The standard InChI is InChI=1S/C34H20O4S3/c1-17-13-19(15-25-29(35)21-7-3-4-8-22(21)30(25)36)39-33(17)27-11-12-28(41-27)34-18(2)14-20(40-34)16-26-31(37)23-9-5-6-10-24(23)32(26)38/h3-16H,1-2H3. The van der Waals surface area contributed by atoms with Gasteiger partial charge < -0.3 is 0 Å². The van der Waals surface area contributed by atoms with Crippen LogP contribution in [0.4, 0.5) is 0 Å². The van der Waals surface area contributed by atoms with Gasteiger partial charge in [0.2, 0.25) is 0 Å². The summed E-state index contributed by atoms with van der Waals surface area (Å²) in [7, 11) is 0. The van der Waals surface area contributed by atoms with E-state index in [0.29, 0.717) is 22.3 Å². The van der Waals surface area contributed by atoms with Crippen molar-refractivity contribution < 1.29 is 19.2 Å². The minimum atomic E-state index is -0.222. The molecule has 0 fully saturated rings. The average molecular weight is 589 g/mol. The van der Waals surface area contributed by atoms with Crippen LogP contribution in [0.2, 0.25) is 0 Å². The van der Waals surface area contributed by atoms with Crippen molar-refractivity contribution >= 4 is 69.3 Å². The number of rotatable bonds is 4. The summed E-state index contributed by atoms with van der Waals surface area (Å²) >= 11 is 4.80. The van der Waals surface area contributed by atoms with Crippen molar-refractivity contribution in [1.29, 1.82) is 0 Å². The molecule has 0 bridgehead atoms. The Morgan fingerprint density at radius 3 is 1.17 bits per heavy atom. The van der Waals surface area contributed by atoms with E-state index < -0.39 is 0 Å². The number of fused-ring (bicyclic) bond motifs is 2. The predicted molar refractivity (Wildman–Crippen MR) is 167 cm³/mol. The fourth-order valence-electron chi connectivity index (χ4n) is 5.32. The van der Waals surface area contributed by atoms with Crippen LogP contribution in [0.1, 0.15) is 62.3 Å². The van der Waals surface area contributed by atoms with Gasteiger partial charge in [0.25, 0.3) is 0 Å². The van der Waals surface area contributed by atoms with Gasteiger partial charge in [-0.15, -0.1) is 34.0 Å². The molecule has 5 aromatic rings. The van der Waals surface area contributed by atoms with Crippen LogP contribution in [0, 0.1) is 13.8 Å². The Labute approximate surface area is 247 Å². The molecule has 41 heavy (non-hydrogen) atoms. The lowest BCUT2D eigenvalue weighted by Crippen LogP contribution is -1.99. The summed E-state index contributed by atoms with van der Waals surface area (Å²) in [5.41, 5.74) is 4.45. The molecule has 3 heterocycles. The SMILES string of the molecule is Cc1cc(C=C2C(=O)c3ccccc3C2=O)sc1-c1ccc(-c2sc(C=C3C(=O)c4ccccc4C3=O)cc2C)s1. The van der Waals surface area contributed by atoms with E-state index in [2.05, 4.69) is 12.1 Å². The largest absolute Gasteiger partial charge is 0.288 e. The molecule has 198 valence electrons. The fraction of sp³-hybridized carbons (Fsp3) is 0.0588. The van der Waals surface area contributed by atoms with Crippen molar-refractivity contribution in [3.63, 3.8) is 0 Å². The lowest BCUT2D eigenvalue weighted by atomic mass is 10.1. The summed E-state index contributed by atoms with van der Waals surface area (Å²) in [6.07, 6.45) is 3.43. The molecule has 0 saturated heterocycles. The Kier molecular flexibility index (Phi) is 6.05. The summed E-state index contributed by atoms with van der Waals surface area (Å²) in [4.78, 5) is 57.5. The number of hydrogen-bond donors (Lipinski definition) is 0. The molecule has 2 aliphatic rings. The number of thiophene rings is 3. The Morgan fingerprint density at radius 1 is 0.488 bits per heavy atom. The smallest absolute Gasteiger partial charge is 0.197 e. The first kappa shape index (κ1) is 25.7. The van der Waals surface area contributed by atoms with Crippen molar-refractivity contribution in [2.75, 3.05) is 0 Å². The van der Waals surface area contributed by atoms with Gasteiger partial charge in [0, 0.05) is 51.5 Å². The molecule has 0 spiro atoms. The van der Waals surface area contributed by atoms with Crippen LogP contribution in [0.25, 0.3) is 31.7 Å². The molecule has 0 N–H and O–H groups in total. The number of carbonyl (C=O) groups excluding carboxylic acids is 4. The normalized spacial score (nSPS) is 14.2. The Morgan fingerprint density at radius 2 is 0.829 bits per heavy atom. The summed E-state index contributed by atoms with van der Waals surface area (Å²) in [5.74, 6) is -0.887. The van der Waals surface area contributed by atoms with Crippen LogP contribution in [-0.4, -0.2) is 23.1 Å². The van der Waals surface area contributed by atoms with E-state index in [4.69, 9.17) is 0 Å². The number of carbonyl (C=O) groups is 4. The molecule has 4 nitrogen and oxygen atoms in total. The van der Waals surface area contributed by atoms with Gasteiger partial charge in [-0.05, 0) is 61.4 Å². The van der Waals surface area contributed by atoms with Gasteiger partial charge >= 0.3 is 0 Å². The highest BCUT2D eigenvalue weighted by Gasteiger charge is 2.33. The van der Waals surface area contributed by atoms with Gasteiger partial charge in [0.05, 0.1) is 11.1 Å². The van der Waals surface area contributed by atoms with Crippen molar-refractivity contribution in [3.05, 3.63) is 127 Å². The van der Waals surface area contributed by atoms with E-state index >= 15 is 0 Å². The monoisotopic (exact) mass is 588 g/mol. The van der Waals surface area contributed by atoms with Gasteiger partial charge in [0.1, 0.15) is 0 Å². The topological polar surface area (TPSA) is 68.3 Å². The molecule has 2 aromatic carbocycles. The third-order valence-electron chi connectivity index (χ3n) is 7.31. The van der Waals surface area contributed by atoms with Crippen molar-refractivity contribution in [1.82, 2.24) is 0 Å². The minimum absolute atomic E-state index is 0.212. The maximum atomic E-state index is 12.8. The zero-order valence-corrected chi connectivity index (χ0v) is 24.4. The first-order chi connectivity index (χ1) is 19.8. The van der Waals surface area contributed by atoms with E-state index in [-0.39, 0.29) is 34.3 Å². The molecule has 0 radical (unpaired) electrons. The van der Waals surface area contributed by atoms with Crippen LogP contribution in [-0.2, 0) is 0 Å².